The van der Waals surface area contributed by atoms with E-state index < -0.39 is 77.2 Å². The van der Waals surface area contributed by atoms with E-state index in [9.17, 15) is 42.5 Å². The van der Waals surface area contributed by atoms with Crippen LogP contribution in [0.5, 0.6) is 0 Å². The van der Waals surface area contributed by atoms with Crippen LogP contribution in [-0.2, 0) is 56.0 Å². The van der Waals surface area contributed by atoms with Crippen molar-refractivity contribution in [2.45, 2.75) is 59.9 Å². The zero-order valence-corrected chi connectivity index (χ0v) is 41.1. The average molecular weight is 987 g/mol. The van der Waals surface area contributed by atoms with E-state index in [1.54, 1.807) is 0 Å². The van der Waals surface area contributed by atoms with Gasteiger partial charge in [0.15, 0.2) is 0 Å². The van der Waals surface area contributed by atoms with Crippen LogP contribution < -0.4 is 31.9 Å². The van der Waals surface area contributed by atoms with Gasteiger partial charge in [-0.1, -0.05) is 39.5 Å². The van der Waals surface area contributed by atoms with Gasteiger partial charge in [0, 0.05) is 72.7 Å². The van der Waals surface area contributed by atoms with E-state index in [0.29, 0.717) is 0 Å². The highest BCUT2D eigenvalue weighted by Crippen LogP contribution is 2.38. The summed E-state index contributed by atoms with van der Waals surface area (Å²) in [4.78, 5) is 120. The minimum atomic E-state index is -4.74. The average Bonchev–Trinajstić information content (AvgIpc) is 3.09. The number of carbonyl (C=O) groups excluding carboxylic acids is 6. The van der Waals surface area contributed by atoms with Gasteiger partial charge in [-0.15, -0.1) is 0 Å². The lowest BCUT2D eigenvalue weighted by Crippen LogP contribution is -2.41. The molecule has 24 nitrogen and oxygen atoms in total. The number of rotatable bonds is 24. The van der Waals surface area contributed by atoms with Crippen LogP contribution in [0, 0.1) is 0 Å². The summed E-state index contributed by atoms with van der Waals surface area (Å²) in [6.45, 7) is 28.3. The van der Waals surface area contributed by atoms with Crippen LogP contribution in [0.3, 0.4) is 0 Å². The van der Waals surface area contributed by atoms with E-state index in [4.69, 9.17) is 29.4 Å². The molecule has 0 heterocycles. The van der Waals surface area contributed by atoms with E-state index in [1.165, 1.54) is 41.5 Å². The lowest BCUT2D eigenvalue weighted by Gasteiger charge is -2.19. The normalized spacial score (nSPS) is 10.7. The van der Waals surface area contributed by atoms with Crippen molar-refractivity contribution in [1.82, 2.24) is 31.9 Å². The first kappa shape index (κ1) is 67.5. The Labute approximate surface area is 367 Å². The molecular weight excluding hydrogens is 923 g/mol. The van der Waals surface area contributed by atoms with Gasteiger partial charge in [-0.3, -0.25) is 42.3 Å². The molecule has 0 saturated carbocycles. The second-order valence-electron chi connectivity index (χ2n) is 12.6. The van der Waals surface area contributed by atoms with Gasteiger partial charge in [-0.2, -0.15) is 19.8 Å². The zero-order valence-electron chi connectivity index (χ0n) is 35.6. The second-order valence-corrected chi connectivity index (χ2v) is 16.2. The Morgan fingerprint density at radius 1 is 0.371 bits per heavy atom. The maximum atomic E-state index is 11.3. The fourth-order valence-corrected chi connectivity index (χ4v) is 4.78. The molecule has 0 aliphatic heterocycles. The first-order chi connectivity index (χ1) is 27.1. The predicted octanol–water partition coefficient (Wildman–Crippen LogP) is -0.337. The molecule has 358 valence electrons. The smallest absolute Gasteiger partial charge is 0.350 e. The molecule has 0 aromatic rings. The van der Waals surface area contributed by atoms with Crippen molar-refractivity contribution in [1.29, 1.82) is 0 Å². The molecule has 0 aliphatic rings. The van der Waals surface area contributed by atoms with Gasteiger partial charge in [0.1, 0.15) is 18.3 Å². The van der Waals surface area contributed by atoms with E-state index in [1.807, 2.05) is 0 Å². The third-order valence-electron chi connectivity index (χ3n) is 6.13. The van der Waals surface area contributed by atoms with Crippen molar-refractivity contribution >= 4 is 78.7 Å². The molecule has 2 unspecified atom stereocenters. The maximum absolute atomic E-state index is 11.3. The monoisotopic (exact) mass is 986 g/mol. The third kappa shape index (κ3) is 40.5. The molecule has 0 rings (SSSR count). The van der Waals surface area contributed by atoms with Crippen molar-refractivity contribution in [3.05, 3.63) is 72.9 Å². The summed E-state index contributed by atoms with van der Waals surface area (Å²) in [5.41, 5.74) is 1.45. The highest BCUT2D eigenvalue weighted by Gasteiger charge is 2.26. The summed E-state index contributed by atoms with van der Waals surface area (Å²) in [7, 11) is -14.2. The van der Waals surface area contributed by atoms with Gasteiger partial charge in [0.2, 0.25) is 35.4 Å². The van der Waals surface area contributed by atoms with E-state index in [2.05, 4.69) is 84.9 Å². The minimum absolute atomic E-state index is 0. The number of hydrogen-bond donors (Lipinski definition) is 12. The summed E-state index contributed by atoms with van der Waals surface area (Å²) < 4.78 is 45.9. The molecule has 0 spiro atoms. The van der Waals surface area contributed by atoms with E-state index in [0.717, 1.165) is 0 Å². The lowest BCUT2D eigenvalue weighted by atomic mass is 10.3. The van der Waals surface area contributed by atoms with Crippen LogP contribution in [0.1, 0.15) is 41.5 Å². The van der Waals surface area contributed by atoms with Crippen molar-refractivity contribution in [3.63, 3.8) is 0 Å². The Balaban J connectivity index is -0.000000258. The number of hydrogen-bond acceptors (Lipinski definition) is 12. The molecule has 0 aromatic carbocycles. The molecule has 0 bridgehead atoms. The zero-order chi connectivity index (χ0) is 47.8. The molecule has 0 radical (unpaired) electrons. The first-order valence-corrected chi connectivity index (χ1v) is 21.5. The Kier molecular flexibility index (Phi) is 36.0. The van der Waals surface area contributed by atoms with Gasteiger partial charge in [-0.05, 0) is 41.5 Å². The summed E-state index contributed by atoms with van der Waals surface area (Å²) in [5, 5.41) is 14.3. The van der Waals surface area contributed by atoms with Gasteiger partial charge in [0.05, 0.1) is 0 Å². The highest BCUT2D eigenvalue weighted by atomic mass is 31.2. The fraction of sp³-hybridized carbons (Fsp3) is 0.455. The first-order valence-electron chi connectivity index (χ1n) is 16.9. The standard InChI is InChI=1S/3C11H19N2O6P.2H3P/c3*1-7(2)10(14)12-5-9(19-20(16,17)18)6-13-11(15)8(3)4;;/h3*9H,1,3,5-6H2,2,4H3,(H,12,14)(H,13,15)(H2,16,17,18);2*1H3. The molecule has 12 N–H and O–H groups in total. The van der Waals surface area contributed by atoms with Crippen LogP contribution in [0.2, 0.25) is 0 Å². The van der Waals surface area contributed by atoms with Gasteiger partial charge in [-0.25, -0.2) is 13.7 Å². The molecule has 0 aliphatic carbocycles. The van der Waals surface area contributed by atoms with E-state index in [-0.39, 0.29) is 92.5 Å². The van der Waals surface area contributed by atoms with E-state index >= 15 is 0 Å². The van der Waals surface area contributed by atoms with Crippen LogP contribution in [0.4, 0.5) is 0 Å². The minimum Gasteiger partial charge on any atom is -0.350 e. The Hall–Kier alpha value is -3.55. The number of carbonyl (C=O) groups is 6. The predicted molar refractivity (Wildman–Crippen MR) is 240 cm³/mol. The van der Waals surface area contributed by atoms with Gasteiger partial charge in [0.25, 0.3) is 0 Å². The molecule has 62 heavy (non-hydrogen) atoms. The summed E-state index contributed by atoms with van der Waals surface area (Å²) in [5.74, 6) is -2.86. The topological polar surface area (TPSA) is 375 Å². The molecule has 29 heteroatoms. The van der Waals surface area contributed by atoms with Crippen molar-refractivity contribution < 1.29 is 85.4 Å². The fourth-order valence-electron chi connectivity index (χ4n) is 3.17. The van der Waals surface area contributed by atoms with Gasteiger partial charge >= 0.3 is 23.5 Å². The largest absolute Gasteiger partial charge is 0.469 e. The molecule has 2 atom stereocenters. The SMILES string of the molecule is C=C(C)C(=O)NCC(CNC(=O)C(=C)C)OP(=O)(O)O.C=C(C)C(=O)NCC(CNC(=O)C(=C)C)OP(=O)(O)O.C=C(C)C(=O)NCC(CNC(=O)C(=C)C)OP(=O)(O)O.P.P. The summed E-state index contributed by atoms with van der Waals surface area (Å²) in [6, 6.07) is 0. The Bertz CT molecular complexity index is 1490. The molecule has 0 fully saturated rings. The van der Waals surface area contributed by atoms with Crippen LogP contribution in [0.25, 0.3) is 0 Å². The van der Waals surface area contributed by atoms with Crippen molar-refractivity contribution in [2.24, 2.45) is 0 Å². The summed E-state index contributed by atoms with van der Waals surface area (Å²) >= 11 is 0. The Morgan fingerprint density at radius 3 is 0.565 bits per heavy atom. The highest BCUT2D eigenvalue weighted by molar-refractivity contribution is 7.46. The number of phosphoric ester groups is 3. The maximum Gasteiger partial charge on any atom is 0.469 e. The van der Waals surface area contributed by atoms with Crippen molar-refractivity contribution in [2.75, 3.05) is 39.3 Å². The number of phosphoric acid groups is 3. The van der Waals surface area contributed by atoms with Crippen LogP contribution >= 0.6 is 43.3 Å². The van der Waals surface area contributed by atoms with Crippen molar-refractivity contribution in [3.8, 4) is 0 Å². The van der Waals surface area contributed by atoms with Gasteiger partial charge < -0.3 is 61.3 Å². The quantitative estimate of drug-likeness (QED) is 0.0435. The number of amides is 6. The molecular formula is C33H63N6O18P5. The molecule has 0 aromatic heterocycles. The molecule has 0 saturated heterocycles. The van der Waals surface area contributed by atoms with Crippen LogP contribution in [-0.4, -0.2) is 122 Å². The molecule has 6 amide bonds. The third-order valence-corrected chi connectivity index (χ3v) is 7.84. The number of nitrogens with one attached hydrogen (secondary N) is 6. The summed E-state index contributed by atoms with van der Waals surface area (Å²) in [6.07, 6.45) is -3.24. The van der Waals surface area contributed by atoms with Crippen LogP contribution in [0.15, 0.2) is 72.9 Å². The lowest BCUT2D eigenvalue weighted by molar-refractivity contribution is -0.119. The Morgan fingerprint density at radius 2 is 0.484 bits per heavy atom. The second kappa shape index (κ2) is 33.0.